The molecule has 0 saturated carbocycles. The minimum Gasteiger partial charge on any atom is -0.384 e. The maximum absolute atomic E-state index is 13.5. The van der Waals surface area contributed by atoms with E-state index < -0.39 is 0 Å². The van der Waals surface area contributed by atoms with Crippen molar-refractivity contribution >= 4 is 16.6 Å². The van der Waals surface area contributed by atoms with Crippen LogP contribution in [-0.4, -0.2) is 36.6 Å². The van der Waals surface area contributed by atoms with Crippen molar-refractivity contribution in [2.24, 2.45) is 5.92 Å². The van der Waals surface area contributed by atoms with Crippen LogP contribution in [0.2, 0.25) is 0 Å². The predicted molar refractivity (Wildman–Crippen MR) is 85.1 cm³/mol. The van der Waals surface area contributed by atoms with Gasteiger partial charge in [-0.3, -0.25) is 4.98 Å². The number of pyridine rings is 1. The zero-order chi connectivity index (χ0) is 14.8. The first-order valence-electron chi connectivity index (χ1n) is 7.61. The lowest BCUT2D eigenvalue weighted by atomic mass is 9.98. The van der Waals surface area contributed by atoms with E-state index in [1.165, 1.54) is 25.5 Å². The number of nitrogens with zero attached hydrogens (tertiary/aromatic N) is 2. The highest BCUT2D eigenvalue weighted by Crippen LogP contribution is 2.25. The van der Waals surface area contributed by atoms with Crippen LogP contribution in [0.25, 0.3) is 10.9 Å². The molecular weight excluding hydrogens is 265 g/mol. The number of rotatable bonds is 3. The Labute approximate surface area is 125 Å². The summed E-state index contributed by atoms with van der Waals surface area (Å²) in [6.45, 7) is 5.23. The first-order chi connectivity index (χ1) is 10.1. The smallest absolute Gasteiger partial charge is 0.124 e. The van der Waals surface area contributed by atoms with Gasteiger partial charge < -0.3 is 10.2 Å². The molecule has 1 aromatic carbocycles. The Kier molecular flexibility index (Phi) is 4.06. The van der Waals surface area contributed by atoms with Gasteiger partial charge in [-0.15, -0.1) is 0 Å². The van der Waals surface area contributed by atoms with Crippen molar-refractivity contribution in [3.05, 3.63) is 35.8 Å². The summed E-state index contributed by atoms with van der Waals surface area (Å²) in [6, 6.07) is 6.79. The van der Waals surface area contributed by atoms with Crippen molar-refractivity contribution in [1.82, 2.24) is 9.88 Å². The molecule has 1 unspecified atom stereocenters. The largest absolute Gasteiger partial charge is 0.384 e. The average molecular weight is 287 g/mol. The third kappa shape index (κ3) is 3.32. The Balaban J connectivity index is 1.81. The number of halogens is 1. The summed E-state index contributed by atoms with van der Waals surface area (Å²) in [6.07, 6.45) is 2.52. The summed E-state index contributed by atoms with van der Waals surface area (Å²) in [5, 5.41) is 4.38. The molecule has 1 aliphatic heterocycles. The van der Waals surface area contributed by atoms with Crippen LogP contribution in [0.15, 0.2) is 24.3 Å². The molecule has 0 aliphatic carbocycles. The quantitative estimate of drug-likeness (QED) is 0.937. The SMILES string of the molecule is Cc1cc(NCC2CCCN(C)C2)c2cc(F)ccc2n1. The van der Waals surface area contributed by atoms with Crippen LogP contribution in [0.4, 0.5) is 10.1 Å². The zero-order valence-corrected chi connectivity index (χ0v) is 12.7. The molecule has 3 rings (SSSR count). The monoisotopic (exact) mass is 287 g/mol. The van der Waals surface area contributed by atoms with Gasteiger partial charge in [-0.1, -0.05) is 0 Å². The molecule has 0 bridgehead atoms. The Morgan fingerprint density at radius 2 is 2.24 bits per heavy atom. The number of likely N-dealkylation sites (tertiary alicyclic amines) is 1. The van der Waals surface area contributed by atoms with Crippen molar-refractivity contribution in [1.29, 1.82) is 0 Å². The van der Waals surface area contributed by atoms with Crippen LogP contribution in [0.5, 0.6) is 0 Å². The number of anilines is 1. The zero-order valence-electron chi connectivity index (χ0n) is 12.7. The van der Waals surface area contributed by atoms with Crippen molar-refractivity contribution < 1.29 is 4.39 Å². The van der Waals surface area contributed by atoms with Crippen molar-refractivity contribution in [3.63, 3.8) is 0 Å². The van der Waals surface area contributed by atoms with Gasteiger partial charge in [0.25, 0.3) is 0 Å². The molecule has 1 fully saturated rings. The first kappa shape index (κ1) is 14.3. The molecule has 2 heterocycles. The van der Waals surface area contributed by atoms with E-state index in [0.717, 1.165) is 35.4 Å². The second kappa shape index (κ2) is 5.98. The molecule has 21 heavy (non-hydrogen) atoms. The van der Waals surface area contributed by atoms with Crippen LogP contribution < -0.4 is 5.32 Å². The summed E-state index contributed by atoms with van der Waals surface area (Å²) in [7, 11) is 2.17. The molecule has 4 heteroatoms. The van der Waals surface area contributed by atoms with Gasteiger partial charge in [0.1, 0.15) is 5.82 Å². The number of aryl methyl sites for hydroxylation is 1. The van der Waals surface area contributed by atoms with Crippen molar-refractivity contribution in [2.45, 2.75) is 19.8 Å². The minimum atomic E-state index is -0.214. The fraction of sp³-hybridized carbons (Fsp3) is 0.471. The summed E-state index contributed by atoms with van der Waals surface area (Å²) in [5.74, 6) is 0.439. The van der Waals surface area contributed by atoms with Gasteiger partial charge in [0.05, 0.1) is 5.52 Å². The van der Waals surface area contributed by atoms with Crippen LogP contribution in [0.1, 0.15) is 18.5 Å². The summed E-state index contributed by atoms with van der Waals surface area (Å²) in [4.78, 5) is 6.85. The fourth-order valence-electron chi connectivity index (χ4n) is 3.17. The topological polar surface area (TPSA) is 28.2 Å². The van der Waals surface area contributed by atoms with E-state index in [1.807, 2.05) is 13.0 Å². The minimum absolute atomic E-state index is 0.214. The van der Waals surface area contributed by atoms with E-state index >= 15 is 0 Å². The van der Waals surface area contributed by atoms with E-state index in [1.54, 1.807) is 12.1 Å². The molecule has 0 amide bonds. The average Bonchev–Trinajstić information content (AvgIpc) is 2.45. The van der Waals surface area contributed by atoms with Gasteiger partial charge in [0, 0.05) is 29.9 Å². The second-order valence-corrected chi connectivity index (χ2v) is 6.12. The van der Waals surface area contributed by atoms with Gasteiger partial charge in [-0.05, 0) is 63.5 Å². The van der Waals surface area contributed by atoms with E-state index in [4.69, 9.17) is 0 Å². The molecule has 1 N–H and O–H groups in total. The number of hydrogen-bond donors (Lipinski definition) is 1. The van der Waals surface area contributed by atoms with Crippen molar-refractivity contribution in [3.8, 4) is 0 Å². The third-order valence-electron chi connectivity index (χ3n) is 4.20. The summed E-state index contributed by atoms with van der Waals surface area (Å²) in [5.41, 5.74) is 2.79. The number of fused-ring (bicyclic) bond motifs is 1. The van der Waals surface area contributed by atoms with Crippen LogP contribution >= 0.6 is 0 Å². The molecule has 1 atom stereocenters. The molecule has 1 aromatic heterocycles. The number of nitrogens with one attached hydrogen (secondary N) is 1. The van der Waals surface area contributed by atoms with Crippen LogP contribution in [0, 0.1) is 18.7 Å². The molecular formula is C17H22FN3. The van der Waals surface area contributed by atoms with Gasteiger partial charge >= 0.3 is 0 Å². The van der Waals surface area contributed by atoms with E-state index in [-0.39, 0.29) is 5.82 Å². The first-order valence-corrected chi connectivity index (χ1v) is 7.61. The third-order valence-corrected chi connectivity index (χ3v) is 4.20. The highest BCUT2D eigenvalue weighted by molar-refractivity contribution is 5.91. The van der Waals surface area contributed by atoms with E-state index in [2.05, 4.69) is 22.2 Å². The Morgan fingerprint density at radius 3 is 3.05 bits per heavy atom. The van der Waals surface area contributed by atoms with Gasteiger partial charge in [-0.25, -0.2) is 4.39 Å². The van der Waals surface area contributed by atoms with Crippen LogP contribution in [-0.2, 0) is 0 Å². The number of aromatic nitrogens is 1. The van der Waals surface area contributed by atoms with Crippen LogP contribution in [0.3, 0.4) is 0 Å². The summed E-state index contributed by atoms with van der Waals surface area (Å²) >= 11 is 0. The van der Waals surface area contributed by atoms with Gasteiger partial charge in [0.15, 0.2) is 0 Å². The molecule has 3 nitrogen and oxygen atoms in total. The van der Waals surface area contributed by atoms with Gasteiger partial charge in [-0.2, -0.15) is 0 Å². The molecule has 2 aromatic rings. The maximum Gasteiger partial charge on any atom is 0.124 e. The van der Waals surface area contributed by atoms with Gasteiger partial charge in [0.2, 0.25) is 0 Å². The highest BCUT2D eigenvalue weighted by atomic mass is 19.1. The lowest BCUT2D eigenvalue weighted by molar-refractivity contribution is 0.217. The number of benzene rings is 1. The molecule has 0 spiro atoms. The van der Waals surface area contributed by atoms with E-state index in [0.29, 0.717) is 5.92 Å². The van der Waals surface area contributed by atoms with Crippen molar-refractivity contribution in [2.75, 3.05) is 32.0 Å². The normalized spacial score (nSPS) is 19.9. The molecule has 112 valence electrons. The summed E-state index contributed by atoms with van der Waals surface area (Å²) < 4.78 is 13.5. The Bertz CT molecular complexity index is 641. The Hall–Kier alpha value is -1.68. The number of piperidine rings is 1. The standard InChI is InChI=1S/C17H22FN3/c1-12-8-17(15-9-14(18)5-6-16(15)20-12)19-10-13-4-3-7-21(2)11-13/h5-6,8-9,13H,3-4,7,10-11H2,1-2H3,(H,19,20). The Morgan fingerprint density at radius 1 is 1.38 bits per heavy atom. The number of hydrogen-bond acceptors (Lipinski definition) is 3. The predicted octanol–water partition coefficient (Wildman–Crippen LogP) is 3.44. The lowest BCUT2D eigenvalue weighted by Gasteiger charge is -2.30. The van der Waals surface area contributed by atoms with E-state index in [9.17, 15) is 4.39 Å². The molecule has 0 radical (unpaired) electrons. The fourth-order valence-corrected chi connectivity index (χ4v) is 3.17. The highest BCUT2D eigenvalue weighted by Gasteiger charge is 2.17. The molecule has 1 aliphatic rings. The molecule has 1 saturated heterocycles. The second-order valence-electron chi connectivity index (χ2n) is 6.12. The maximum atomic E-state index is 13.5. The lowest BCUT2D eigenvalue weighted by Crippen LogP contribution is -2.35.